The molecule has 4 heteroatoms. The minimum absolute atomic E-state index is 0.0870. The van der Waals surface area contributed by atoms with Crippen LogP contribution in [0.5, 0.6) is 0 Å². The van der Waals surface area contributed by atoms with E-state index in [-0.39, 0.29) is 23.5 Å². The summed E-state index contributed by atoms with van der Waals surface area (Å²) in [5, 5.41) is 16.5. The fourth-order valence-electron chi connectivity index (χ4n) is 5.13. The van der Waals surface area contributed by atoms with E-state index in [9.17, 15) is 14.9 Å². The molecule has 4 nitrogen and oxygen atoms in total. The van der Waals surface area contributed by atoms with Crippen LogP contribution >= 0.6 is 0 Å². The van der Waals surface area contributed by atoms with Crippen molar-refractivity contribution in [2.75, 3.05) is 0 Å². The van der Waals surface area contributed by atoms with Crippen LogP contribution in [-0.2, 0) is 4.79 Å². The van der Waals surface area contributed by atoms with Gasteiger partial charge in [-0.15, -0.1) is 0 Å². The predicted molar refractivity (Wildman–Crippen MR) is 118 cm³/mol. The van der Waals surface area contributed by atoms with Gasteiger partial charge in [-0.25, -0.2) is 0 Å². The molecular formula is C26H21NO3. The minimum atomic E-state index is -0.848. The lowest BCUT2D eigenvalue weighted by Gasteiger charge is -2.33. The third kappa shape index (κ3) is 3.05. The molecule has 4 aromatic rings. The van der Waals surface area contributed by atoms with Crippen molar-refractivity contribution in [2.24, 2.45) is 0 Å². The van der Waals surface area contributed by atoms with Crippen LogP contribution in [0.25, 0.3) is 21.5 Å². The fraction of sp³-hybridized carbons (Fsp3) is 0.192. The Kier molecular flexibility index (Phi) is 4.55. The molecule has 0 aromatic heterocycles. The van der Waals surface area contributed by atoms with Gasteiger partial charge in [-0.1, -0.05) is 84.9 Å². The monoisotopic (exact) mass is 395 g/mol. The maximum absolute atomic E-state index is 12.8. The van der Waals surface area contributed by atoms with Gasteiger partial charge in [0.15, 0.2) is 0 Å². The summed E-state index contributed by atoms with van der Waals surface area (Å²) < 4.78 is 0. The molecule has 0 amide bonds. The third-order valence-electron chi connectivity index (χ3n) is 6.41. The Bertz CT molecular complexity index is 1180. The van der Waals surface area contributed by atoms with E-state index in [0.29, 0.717) is 0 Å². The number of ketones is 1. The first-order valence-corrected chi connectivity index (χ1v) is 10.2. The standard InChI is InChI=1S/C26H21NO3/c28-19-15-24(22-13-5-9-17-7-1-3-11-20(17)22)26(27(29)30)25(16-19)23-14-6-10-18-8-2-4-12-21(18)23/h1-14,24-26H,15-16H2/t24-,25-/m0/s1. The molecule has 30 heavy (non-hydrogen) atoms. The highest BCUT2D eigenvalue weighted by Crippen LogP contribution is 2.45. The summed E-state index contributed by atoms with van der Waals surface area (Å²) in [7, 11) is 0. The number of nitrogens with zero attached hydrogens (tertiary/aromatic N) is 1. The van der Waals surface area contributed by atoms with E-state index >= 15 is 0 Å². The Morgan fingerprint density at radius 3 is 1.57 bits per heavy atom. The summed E-state index contributed by atoms with van der Waals surface area (Å²) in [6.07, 6.45) is 0.418. The van der Waals surface area contributed by atoms with Crippen molar-refractivity contribution in [3.63, 3.8) is 0 Å². The number of nitro groups is 1. The molecule has 0 heterocycles. The first kappa shape index (κ1) is 18.5. The number of hydrogen-bond acceptors (Lipinski definition) is 3. The molecule has 0 saturated heterocycles. The zero-order valence-corrected chi connectivity index (χ0v) is 16.4. The Morgan fingerprint density at radius 1 is 0.667 bits per heavy atom. The Balaban J connectivity index is 1.69. The van der Waals surface area contributed by atoms with Gasteiger partial charge < -0.3 is 0 Å². The molecule has 0 spiro atoms. The van der Waals surface area contributed by atoms with Crippen molar-refractivity contribution in [1.29, 1.82) is 0 Å². The van der Waals surface area contributed by atoms with Gasteiger partial charge in [0.05, 0.1) is 11.8 Å². The summed E-state index contributed by atoms with van der Waals surface area (Å²) in [5.41, 5.74) is 1.79. The lowest BCUT2D eigenvalue weighted by molar-refractivity contribution is -0.532. The highest BCUT2D eigenvalue weighted by atomic mass is 16.6. The van der Waals surface area contributed by atoms with Gasteiger partial charge in [0.2, 0.25) is 6.04 Å². The number of carbonyl (C=O) groups excluding carboxylic acids is 1. The highest BCUT2D eigenvalue weighted by Gasteiger charge is 2.47. The van der Waals surface area contributed by atoms with Crippen molar-refractivity contribution in [2.45, 2.75) is 30.7 Å². The molecule has 0 radical (unpaired) electrons. The highest BCUT2D eigenvalue weighted by molar-refractivity contribution is 5.90. The van der Waals surface area contributed by atoms with E-state index in [0.717, 1.165) is 32.7 Å². The second-order valence-electron chi connectivity index (χ2n) is 8.07. The van der Waals surface area contributed by atoms with Crippen LogP contribution in [0.2, 0.25) is 0 Å². The molecule has 1 saturated carbocycles. The van der Waals surface area contributed by atoms with Gasteiger partial charge in [0.25, 0.3) is 0 Å². The van der Waals surface area contributed by atoms with Crippen LogP contribution in [0.15, 0.2) is 84.9 Å². The molecule has 5 rings (SSSR count). The second kappa shape index (κ2) is 7.38. The lowest BCUT2D eigenvalue weighted by atomic mass is 9.69. The normalized spacial score (nSPS) is 19.9. The number of hydrogen-bond donors (Lipinski definition) is 0. The second-order valence-corrected chi connectivity index (χ2v) is 8.07. The van der Waals surface area contributed by atoms with E-state index in [2.05, 4.69) is 0 Å². The first-order valence-electron chi connectivity index (χ1n) is 10.2. The molecule has 0 bridgehead atoms. The van der Waals surface area contributed by atoms with Crippen LogP contribution in [0, 0.1) is 10.1 Å². The maximum Gasteiger partial charge on any atom is 0.227 e. The van der Waals surface area contributed by atoms with Crippen molar-refractivity contribution in [1.82, 2.24) is 0 Å². The van der Waals surface area contributed by atoms with E-state index in [4.69, 9.17) is 0 Å². The van der Waals surface area contributed by atoms with Crippen molar-refractivity contribution < 1.29 is 9.72 Å². The number of Topliss-reactive ketones (excluding diaryl/α,β-unsaturated/α-hetero) is 1. The molecule has 4 aromatic carbocycles. The Labute approximate surface area is 174 Å². The zero-order valence-electron chi connectivity index (χ0n) is 16.4. The van der Waals surface area contributed by atoms with Crippen LogP contribution in [0.4, 0.5) is 0 Å². The van der Waals surface area contributed by atoms with Gasteiger partial charge in [-0.05, 0) is 32.7 Å². The zero-order chi connectivity index (χ0) is 20.7. The number of fused-ring (bicyclic) bond motifs is 2. The third-order valence-corrected chi connectivity index (χ3v) is 6.41. The largest absolute Gasteiger partial charge is 0.300 e. The summed E-state index contributed by atoms with van der Waals surface area (Å²) in [6, 6.07) is 26.7. The van der Waals surface area contributed by atoms with Crippen LogP contribution in [0.3, 0.4) is 0 Å². The number of carbonyl (C=O) groups is 1. The smallest absolute Gasteiger partial charge is 0.227 e. The van der Waals surface area contributed by atoms with Gasteiger partial charge in [0.1, 0.15) is 5.78 Å². The lowest BCUT2D eigenvalue weighted by Crippen LogP contribution is -2.40. The van der Waals surface area contributed by atoms with Gasteiger partial charge >= 0.3 is 0 Å². The molecule has 2 atom stereocenters. The maximum atomic E-state index is 12.8. The predicted octanol–water partition coefficient (Wildman–Crippen LogP) is 5.87. The molecule has 0 unspecified atom stereocenters. The SMILES string of the molecule is O=C1C[C@@H](c2cccc3ccccc23)C([N+](=O)[O-])[C@H](c2cccc3ccccc23)C1. The Morgan fingerprint density at radius 2 is 1.10 bits per heavy atom. The van der Waals surface area contributed by atoms with E-state index in [1.165, 1.54) is 0 Å². The van der Waals surface area contributed by atoms with E-state index in [1.807, 2.05) is 84.9 Å². The average molecular weight is 395 g/mol. The molecule has 1 aliphatic carbocycles. The molecular weight excluding hydrogens is 374 g/mol. The number of benzene rings is 4. The average Bonchev–Trinajstić information content (AvgIpc) is 2.77. The van der Waals surface area contributed by atoms with Gasteiger partial charge in [-0.3, -0.25) is 14.9 Å². The minimum Gasteiger partial charge on any atom is -0.300 e. The topological polar surface area (TPSA) is 60.2 Å². The van der Waals surface area contributed by atoms with Gasteiger partial charge in [0, 0.05) is 17.8 Å². The van der Waals surface area contributed by atoms with Crippen molar-refractivity contribution >= 4 is 27.3 Å². The van der Waals surface area contributed by atoms with Crippen molar-refractivity contribution in [3.8, 4) is 0 Å². The van der Waals surface area contributed by atoms with Crippen LogP contribution in [0.1, 0.15) is 35.8 Å². The van der Waals surface area contributed by atoms with Crippen LogP contribution in [-0.4, -0.2) is 16.7 Å². The number of rotatable bonds is 3. The van der Waals surface area contributed by atoms with Gasteiger partial charge in [-0.2, -0.15) is 0 Å². The molecule has 1 fully saturated rings. The molecule has 0 N–H and O–H groups in total. The quantitative estimate of drug-likeness (QED) is 0.322. The van der Waals surface area contributed by atoms with E-state index < -0.39 is 17.9 Å². The molecule has 0 aliphatic heterocycles. The summed E-state index contributed by atoms with van der Waals surface area (Å²) >= 11 is 0. The Hall–Kier alpha value is -3.53. The molecule has 1 aliphatic rings. The van der Waals surface area contributed by atoms with Crippen LogP contribution < -0.4 is 0 Å². The van der Waals surface area contributed by atoms with Crippen molar-refractivity contribution in [3.05, 3.63) is 106 Å². The molecule has 148 valence electrons. The summed E-state index contributed by atoms with van der Waals surface area (Å²) in [4.78, 5) is 25.1. The fourth-order valence-corrected chi connectivity index (χ4v) is 5.13. The van der Waals surface area contributed by atoms with E-state index in [1.54, 1.807) is 0 Å². The summed E-state index contributed by atoms with van der Waals surface area (Å²) in [6.45, 7) is 0. The first-order chi connectivity index (χ1) is 14.6. The summed E-state index contributed by atoms with van der Waals surface area (Å²) in [5.74, 6) is -0.809.